The molecule has 16 heavy (non-hydrogen) atoms. The Morgan fingerprint density at radius 1 is 1.38 bits per heavy atom. The minimum atomic E-state index is -0.255. The summed E-state index contributed by atoms with van der Waals surface area (Å²) >= 11 is 0. The molecular weight excluding hydrogens is 207 g/mol. The zero-order valence-electron chi connectivity index (χ0n) is 8.97. The number of rotatable bonds is 3. The van der Waals surface area contributed by atoms with E-state index in [-0.39, 0.29) is 11.9 Å². The minimum absolute atomic E-state index is 0.191. The molecule has 2 aromatic rings. The molecule has 0 aliphatic rings. The van der Waals surface area contributed by atoms with E-state index in [4.69, 9.17) is 5.73 Å². The van der Waals surface area contributed by atoms with E-state index in [1.807, 2.05) is 7.05 Å². The molecule has 1 aromatic carbocycles. The van der Waals surface area contributed by atoms with E-state index >= 15 is 0 Å². The maximum atomic E-state index is 12.7. The summed E-state index contributed by atoms with van der Waals surface area (Å²) < 4.78 is 14.4. The Labute approximate surface area is 92.9 Å². The first-order chi connectivity index (χ1) is 7.66. The standard InChI is InChI=1S/C11H13FN4/c1-16-11(14-7-15-16)6-10(13)8-2-4-9(12)5-3-8/h2-5,7,10H,6,13H2,1H3. The molecule has 0 spiro atoms. The van der Waals surface area contributed by atoms with E-state index in [1.165, 1.54) is 18.5 Å². The lowest BCUT2D eigenvalue weighted by Crippen LogP contribution is -2.16. The molecule has 2 rings (SSSR count). The number of halogens is 1. The molecule has 0 aliphatic heterocycles. The van der Waals surface area contributed by atoms with Crippen LogP contribution in [-0.4, -0.2) is 14.8 Å². The van der Waals surface area contributed by atoms with Crippen molar-refractivity contribution < 1.29 is 4.39 Å². The summed E-state index contributed by atoms with van der Waals surface area (Å²) in [5.74, 6) is 0.562. The van der Waals surface area contributed by atoms with Gasteiger partial charge < -0.3 is 5.73 Å². The monoisotopic (exact) mass is 220 g/mol. The van der Waals surface area contributed by atoms with Crippen LogP contribution in [0.25, 0.3) is 0 Å². The number of aromatic nitrogens is 3. The molecule has 4 nitrogen and oxygen atoms in total. The lowest BCUT2D eigenvalue weighted by atomic mass is 10.0. The predicted molar refractivity (Wildman–Crippen MR) is 58.0 cm³/mol. The van der Waals surface area contributed by atoms with Gasteiger partial charge in [0.05, 0.1) is 0 Å². The van der Waals surface area contributed by atoms with Gasteiger partial charge in [-0.2, -0.15) is 5.10 Å². The molecule has 0 radical (unpaired) electrons. The van der Waals surface area contributed by atoms with E-state index in [9.17, 15) is 4.39 Å². The Morgan fingerprint density at radius 3 is 2.62 bits per heavy atom. The van der Waals surface area contributed by atoms with Crippen LogP contribution in [0.5, 0.6) is 0 Å². The summed E-state index contributed by atoms with van der Waals surface area (Å²) in [6.45, 7) is 0. The first-order valence-corrected chi connectivity index (χ1v) is 5.00. The highest BCUT2D eigenvalue weighted by molar-refractivity contribution is 5.20. The van der Waals surface area contributed by atoms with Crippen molar-refractivity contribution >= 4 is 0 Å². The van der Waals surface area contributed by atoms with E-state index in [1.54, 1.807) is 16.8 Å². The van der Waals surface area contributed by atoms with Gasteiger partial charge in [-0.05, 0) is 17.7 Å². The molecule has 0 saturated carbocycles. The van der Waals surface area contributed by atoms with E-state index < -0.39 is 0 Å². The van der Waals surface area contributed by atoms with Crippen LogP contribution in [0, 0.1) is 5.82 Å². The zero-order chi connectivity index (χ0) is 11.5. The number of hydrogen-bond acceptors (Lipinski definition) is 3. The molecule has 2 N–H and O–H groups in total. The van der Waals surface area contributed by atoms with Crippen molar-refractivity contribution in [2.75, 3.05) is 0 Å². The molecule has 0 bridgehead atoms. The van der Waals surface area contributed by atoms with Gasteiger partial charge >= 0.3 is 0 Å². The van der Waals surface area contributed by atoms with Crippen molar-refractivity contribution in [3.8, 4) is 0 Å². The summed E-state index contributed by atoms with van der Waals surface area (Å²) in [6.07, 6.45) is 2.08. The Morgan fingerprint density at radius 2 is 2.06 bits per heavy atom. The first-order valence-electron chi connectivity index (χ1n) is 5.00. The van der Waals surface area contributed by atoms with Gasteiger partial charge in [0.15, 0.2) is 0 Å². The number of benzene rings is 1. The molecule has 5 heteroatoms. The van der Waals surface area contributed by atoms with Crippen LogP contribution in [-0.2, 0) is 13.5 Å². The fraction of sp³-hybridized carbons (Fsp3) is 0.273. The lowest BCUT2D eigenvalue weighted by Gasteiger charge is -2.11. The van der Waals surface area contributed by atoms with Gasteiger partial charge in [0.1, 0.15) is 18.0 Å². The number of aryl methyl sites for hydroxylation is 1. The van der Waals surface area contributed by atoms with E-state index in [0.717, 1.165) is 11.4 Å². The topological polar surface area (TPSA) is 56.7 Å². The van der Waals surface area contributed by atoms with Crippen molar-refractivity contribution in [2.45, 2.75) is 12.5 Å². The minimum Gasteiger partial charge on any atom is -0.324 e. The van der Waals surface area contributed by atoms with Gasteiger partial charge in [0, 0.05) is 19.5 Å². The van der Waals surface area contributed by atoms with Crippen LogP contribution in [0.2, 0.25) is 0 Å². The molecule has 0 amide bonds. The third-order valence-electron chi connectivity index (χ3n) is 2.51. The van der Waals surface area contributed by atoms with Crippen molar-refractivity contribution in [3.63, 3.8) is 0 Å². The van der Waals surface area contributed by atoms with Crippen LogP contribution in [0.3, 0.4) is 0 Å². The average molecular weight is 220 g/mol. The van der Waals surface area contributed by atoms with Crippen molar-refractivity contribution in [2.24, 2.45) is 12.8 Å². The lowest BCUT2D eigenvalue weighted by molar-refractivity contribution is 0.615. The number of nitrogens with two attached hydrogens (primary N) is 1. The molecule has 1 unspecified atom stereocenters. The third-order valence-corrected chi connectivity index (χ3v) is 2.51. The molecule has 0 saturated heterocycles. The highest BCUT2D eigenvalue weighted by Gasteiger charge is 2.10. The smallest absolute Gasteiger partial charge is 0.138 e. The Kier molecular flexibility index (Phi) is 2.96. The molecule has 1 atom stereocenters. The Balaban J connectivity index is 2.11. The van der Waals surface area contributed by atoms with Crippen LogP contribution in [0.1, 0.15) is 17.4 Å². The molecular formula is C11H13FN4. The SMILES string of the molecule is Cn1ncnc1CC(N)c1ccc(F)cc1. The summed E-state index contributed by atoms with van der Waals surface area (Å²) in [5, 5.41) is 3.97. The molecule has 84 valence electrons. The quantitative estimate of drug-likeness (QED) is 0.845. The highest BCUT2D eigenvalue weighted by Crippen LogP contribution is 2.14. The molecule has 1 heterocycles. The molecule has 0 aliphatic carbocycles. The second kappa shape index (κ2) is 4.40. The van der Waals surface area contributed by atoms with Gasteiger partial charge in [-0.15, -0.1) is 0 Å². The Hall–Kier alpha value is -1.75. The third kappa shape index (κ3) is 2.25. The summed E-state index contributed by atoms with van der Waals surface area (Å²) in [6, 6.07) is 6.01. The summed E-state index contributed by atoms with van der Waals surface area (Å²) in [4.78, 5) is 4.10. The zero-order valence-corrected chi connectivity index (χ0v) is 8.97. The maximum absolute atomic E-state index is 12.7. The van der Waals surface area contributed by atoms with E-state index in [0.29, 0.717) is 6.42 Å². The van der Waals surface area contributed by atoms with Gasteiger partial charge in [-0.3, -0.25) is 4.68 Å². The maximum Gasteiger partial charge on any atom is 0.138 e. The summed E-state index contributed by atoms with van der Waals surface area (Å²) in [7, 11) is 1.82. The number of hydrogen-bond donors (Lipinski definition) is 1. The van der Waals surface area contributed by atoms with Crippen LogP contribution in [0.15, 0.2) is 30.6 Å². The average Bonchev–Trinajstić information content (AvgIpc) is 2.65. The second-order valence-electron chi connectivity index (χ2n) is 3.66. The molecule has 0 fully saturated rings. The largest absolute Gasteiger partial charge is 0.324 e. The van der Waals surface area contributed by atoms with Gasteiger partial charge in [0.25, 0.3) is 0 Å². The fourth-order valence-electron chi connectivity index (χ4n) is 1.53. The number of nitrogens with zero attached hydrogens (tertiary/aromatic N) is 3. The van der Waals surface area contributed by atoms with Crippen molar-refractivity contribution in [1.82, 2.24) is 14.8 Å². The van der Waals surface area contributed by atoms with Gasteiger partial charge in [-0.25, -0.2) is 9.37 Å². The second-order valence-corrected chi connectivity index (χ2v) is 3.66. The van der Waals surface area contributed by atoms with Crippen LogP contribution >= 0.6 is 0 Å². The summed E-state index contributed by atoms with van der Waals surface area (Å²) in [5.41, 5.74) is 6.89. The highest BCUT2D eigenvalue weighted by atomic mass is 19.1. The molecule has 1 aromatic heterocycles. The normalized spacial score (nSPS) is 12.7. The van der Waals surface area contributed by atoms with Gasteiger partial charge in [-0.1, -0.05) is 12.1 Å². The van der Waals surface area contributed by atoms with Gasteiger partial charge in [0.2, 0.25) is 0 Å². The van der Waals surface area contributed by atoms with Crippen molar-refractivity contribution in [1.29, 1.82) is 0 Å². The first kappa shape index (κ1) is 10.8. The predicted octanol–water partition coefficient (Wildman–Crippen LogP) is 1.20. The van der Waals surface area contributed by atoms with Crippen LogP contribution < -0.4 is 5.73 Å². The van der Waals surface area contributed by atoms with E-state index in [2.05, 4.69) is 10.1 Å². The Bertz CT molecular complexity index is 463. The van der Waals surface area contributed by atoms with Crippen molar-refractivity contribution in [3.05, 3.63) is 47.8 Å². The fourth-order valence-corrected chi connectivity index (χ4v) is 1.53. The van der Waals surface area contributed by atoms with Crippen LogP contribution in [0.4, 0.5) is 4.39 Å².